The number of esters is 1. The number of likely N-dealkylation sites (tertiary alicyclic amines) is 1. The van der Waals surface area contributed by atoms with Crippen LogP contribution in [0.4, 0.5) is 4.79 Å². The Morgan fingerprint density at radius 3 is 2.40 bits per heavy atom. The second kappa shape index (κ2) is 4.64. The lowest BCUT2D eigenvalue weighted by Gasteiger charge is -2.31. The van der Waals surface area contributed by atoms with E-state index in [2.05, 4.69) is 13.8 Å². The Kier molecular flexibility index (Phi) is 3.51. The largest absolute Gasteiger partial charge is 0.464 e. The van der Waals surface area contributed by atoms with Gasteiger partial charge in [0.25, 0.3) is 0 Å². The fraction of sp³-hybridized carbons (Fsp3) is 0.867. The standard InChI is InChI=1S/C15H25NO4/c1-7-19-12(17)11-10-9(15(10,5)6)8-16(11)13(18)20-14(2,3)4/h9-11H,7-8H2,1-6H3. The molecule has 0 aromatic heterocycles. The first-order valence-corrected chi connectivity index (χ1v) is 7.26. The molecule has 0 N–H and O–H groups in total. The fourth-order valence-corrected chi connectivity index (χ4v) is 3.29. The zero-order valence-electron chi connectivity index (χ0n) is 13.2. The number of carbonyl (C=O) groups excluding carboxylic acids is 2. The van der Waals surface area contributed by atoms with Crippen LogP contribution in [0.2, 0.25) is 0 Å². The third-order valence-corrected chi connectivity index (χ3v) is 4.36. The predicted molar refractivity (Wildman–Crippen MR) is 74.1 cm³/mol. The molecule has 0 radical (unpaired) electrons. The van der Waals surface area contributed by atoms with Crippen LogP contribution in [0.1, 0.15) is 41.5 Å². The first-order valence-electron chi connectivity index (χ1n) is 7.26. The average molecular weight is 283 g/mol. The van der Waals surface area contributed by atoms with Crippen molar-refractivity contribution in [2.45, 2.75) is 53.2 Å². The van der Waals surface area contributed by atoms with Crippen LogP contribution in [-0.4, -0.2) is 41.8 Å². The topological polar surface area (TPSA) is 55.8 Å². The molecule has 1 amide bonds. The van der Waals surface area contributed by atoms with Gasteiger partial charge in [0.1, 0.15) is 11.6 Å². The minimum Gasteiger partial charge on any atom is -0.464 e. The molecule has 3 unspecified atom stereocenters. The van der Waals surface area contributed by atoms with Gasteiger partial charge in [-0.1, -0.05) is 13.8 Å². The molecule has 1 saturated heterocycles. The van der Waals surface area contributed by atoms with E-state index in [0.717, 1.165) is 0 Å². The summed E-state index contributed by atoms with van der Waals surface area (Å²) in [5.74, 6) is 0.245. The van der Waals surface area contributed by atoms with Crippen LogP contribution in [0, 0.1) is 17.3 Å². The summed E-state index contributed by atoms with van der Waals surface area (Å²) in [4.78, 5) is 26.0. The van der Waals surface area contributed by atoms with E-state index < -0.39 is 17.7 Å². The second-order valence-corrected chi connectivity index (χ2v) is 7.28. The summed E-state index contributed by atoms with van der Waals surface area (Å²) >= 11 is 0. The molecule has 2 fully saturated rings. The summed E-state index contributed by atoms with van der Waals surface area (Å²) in [6.07, 6.45) is -0.418. The molecule has 0 aromatic rings. The Morgan fingerprint density at radius 1 is 1.30 bits per heavy atom. The van der Waals surface area contributed by atoms with Gasteiger partial charge < -0.3 is 9.47 Å². The van der Waals surface area contributed by atoms with E-state index in [9.17, 15) is 9.59 Å². The van der Waals surface area contributed by atoms with Crippen LogP contribution in [0.3, 0.4) is 0 Å². The normalized spacial score (nSPS) is 30.7. The highest BCUT2D eigenvalue weighted by molar-refractivity contribution is 5.84. The minimum absolute atomic E-state index is 0.107. The molecule has 0 spiro atoms. The quantitative estimate of drug-likeness (QED) is 0.730. The highest BCUT2D eigenvalue weighted by atomic mass is 16.6. The first kappa shape index (κ1) is 15.1. The highest BCUT2D eigenvalue weighted by Crippen LogP contribution is 2.65. The molecular formula is C15H25NO4. The molecule has 3 atom stereocenters. The number of ether oxygens (including phenoxy) is 2. The van der Waals surface area contributed by atoms with Gasteiger partial charge >= 0.3 is 12.1 Å². The molecule has 114 valence electrons. The van der Waals surface area contributed by atoms with Gasteiger partial charge in [-0.05, 0) is 39.0 Å². The van der Waals surface area contributed by atoms with Gasteiger partial charge in [0.05, 0.1) is 6.61 Å². The monoisotopic (exact) mass is 283 g/mol. The summed E-state index contributed by atoms with van der Waals surface area (Å²) in [5.41, 5.74) is -0.450. The second-order valence-electron chi connectivity index (χ2n) is 7.28. The van der Waals surface area contributed by atoms with Crippen LogP contribution in [0.15, 0.2) is 0 Å². The van der Waals surface area contributed by atoms with E-state index in [4.69, 9.17) is 9.47 Å². The Morgan fingerprint density at radius 2 is 1.90 bits per heavy atom. The van der Waals surface area contributed by atoms with E-state index in [0.29, 0.717) is 19.1 Å². The molecule has 1 heterocycles. The highest BCUT2D eigenvalue weighted by Gasteiger charge is 2.70. The van der Waals surface area contributed by atoms with Crippen molar-refractivity contribution in [3.63, 3.8) is 0 Å². The van der Waals surface area contributed by atoms with Gasteiger partial charge in [-0.3, -0.25) is 4.90 Å². The molecule has 1 aliphatic carbocycles. The lowest BCUT2D eigenvalue weighted by molar-refractivity contribution is -0.149. The molecule has 2 rings (SSSR count). The molecule has 5 heteroatoms. The molecule has 0 aromatic carbocycles. The Bertz CT molecular complexity index is 424. The molecule has 20 heavy (non-hydrogen) atoms. The number of carbonyl (C=O) groups is 2. The maximum absolute atomic E-state index is 12.3. The van der Waals surface area contributed by atoms with E-state index in [1.54, 1.807) is 11.8 Å². The van der Waals surface area contributed by atoms with E-state index in [1.165, 1.54) is 0 Å². The predicted octanol–water partition coefficient (Wildman–Crippen LogP) is 2.44. The Labute approximate surface area is 120 Å². The maximum atomic E-state index is 12.3. The van der Waals surface area contributed by atoms with Crippen LogP contribution in [-0.2, 0) is 14.3 Å². The molecule has 1 aliphatic heterocycles. The van der Waals surface area contributed by atoms with Gasteiger partial charge in [-0.2, -0.15) is 0 Å². The van der Waals surface area contributed by atoms with Crippen molar-refractivity contribution in [1.82, 2.24) is 4.90 Å². The van der Waals surface area contributed by atoms with Crippen LogP contribution < -0.4 is 0 Å². The zero-order valence-corrected chi connectivity index (χ0v) is 13.2. The number of amides is 1. The molecule has 2 aliphatic rings. The summed E-state index contributed by atoms with van der Waals surface area (Å²) in [5, 5.41) is 0. The lowest BCUT2D eigenvalue weighted by atomic mass is 10.0. The molecule has 0 bridgehead atoms. The summed E-state index contributed by atoms with van der Waals surface area (Å²) < 4.78 is 10.5. The summed E-state index contributed by atoms with van der Waals surface area (Å²) in [7, 11) is 0. The maximum Gasteiger partial charge on any atom is 0.411 e. The smallest absolute Gasteiger partial charge is 0.411 e. The van der Waals surface area contributed by atoms with Gasteiger partial charge in [0, 0.05) is 12.5 Å². The van der Waals surface area contributed by atoms with E-state index in [-0.39, 0.29) is 17.3 Å². The van der Waals surface area contributed by atoms with Gasteiger partial charge in [0.2, 0.25) is 0 Å². The van der Waals surface area contributed by atoms with Gasteiger partial charge in [-0.15, -0.1) is 0 Å². The van der Waals surface area contributed by atoms with Crippen molar-refractivity contribution in [3.05, 3.63) is 0 Å². The molecule has 1 saturated carbocycles. The van der Waals surface area contributed by atoms with E-state index >= 15 is 0 Å². The van der Waals surface area contributed by atoms with Crippen molar-refractivity contribution in [2.24, 2.45) is 17.3 Å². The minimum atomic E-state index is -0.557. The average Bonchev–Trinajstić information content (AvgIpc) is 2.69. The first-order chi connectivity index (χ1) is 9.09. The number of nitrogens with zero attached hydrogens (tertiary/aromatic N) is 1. The van der Waals surface area contributed by atoms with Crippen molar-refractivity contribution in [1.29, 1.82) is 0 Å². The van der Waals surface area contributed by atoms with Crippen LogP contribution in [0.5, 0.6) is 0 Å². The number of rotatable bonds is 2. The third kappa shape index (κ3) is 2.50. The van der Waals surface area contributed by atoms with Crippen molar-refractivity contribution >= 4 is 12.1 Å². The summed E-state index contributed by atoms with van der Waals surface area (Å²) in [6.45, 7) is 12.4. The van der Waals surface area contributed by atoms with Crippen molar-refractivity contribution in [3.8, 4) is 0 Å². The summed E-state index contributed by atoms with van der Waals surface area (Å²) in [6, 6.07) is -0.496. The third-order valence-electron chi connectivity index (χ3n) is 4.36. The lowest BCUT2D eigenvalue weighted by Crippen LogP contribution is -2.48. The van der Waals surface area contributed by atoms with Crippen LogP contribution >= 0.6 is 0 Å². The molecular weight excluding hydrogens is 258 g/mol. The van der Waals surface area contributed by atoms with Crippen LogP contribution in [0.25, 0.3) is 0 Å². The molecule has 5 nitrogen and oxygen atoms in total. The van der Waals surface area contributed by atoms with Crippen molar-refractivity contribution in [2.75, 3.05) is 13.2 Å². The van der Waals surface area contributed by atoms with Crippen molar-refractivity contribution < 1.29 is 19.1 Å². The zero-order chi connectivity index (χ0) is 15.3. The fourth-order valence-electron chi connectivity index (χ4n) is 3.29. The number of piperidine rings is 1. The van der Waals surface area contributed by atoms with E-state index in [1.807, 2.05) is 20.8 Å². The Balaban J connectivity index is 2.13. The number of hydrogen-bond acceptors (Lipinski definition) is 4. The Hall–Kier alpha value is -1.26. The van der Waals surface area contributed by atoms with Gasteiger partial charge in [0.15, 0.2) is 0 Å². The number of fused-ring (bicyclic) bond motifs is 1. The number of hydrogen-bond donors (Lipinski definition) is 0. The SMILES string of the molecule is CCOC(=O)C1C2C(CN1C(=O)OC(C)(C)C)C2(C)C. The van der Waals surface area contributed by atoms with Gasteiger partial charge in [-0.25, -0.2) is 9.59 Å².